The largest absolute Gasteiger partial charge is 0.349 e. The molecule has 5 rings (SSSR count). The van der Waals surface area contributed by atoms with Crippen molar-refractivity contribution < 1.29 is 28.8 Å². The Morgan fingerprint density at radius 3 is 2.21 bits per heavy atom. The van der Waals surface area contributed by atoms with Crippen molar-refractivity contribution in [1.82, 2.24) is 36.1 Å². The van der Waals surface area contributed by atoms with E-state index in [-0.39, 0.29) is 35.3 Å². The summed E-state index contributed by atoms with van der Waals surface area (Å²) in [6.45, 7) is 8.80. The Hall–Kier alpha value is -3.90. The number of carbonyl (C=O) groups excluding carboxylic acids is 6. The lowest BCUT2D eigenvalue weighted by Crippen LogP contribution is -2.63. The van der Waals surface area contributed by atoms with Gasteiger partial charge in [0.15, 0.2) is 0 Å². The van der Waals surface area contributed by atoms with Gasteiger partial charge < -0.3 is 26.2 Å². The van der Waals surface area contributed by atoms with E-state index in [1.54, 1.807) is 4.90 Å². The van der Waals surface area contributed by atoms with Gasteiger partial charge in [-0.2, -0.15) is 0 Å². The van der Waals surface area contributed by atoms with Gasteiger partial charge in [0.25, 0.3) is 11.8 Å². The van der Waals surface area contributed by atoms with Crippen LogP contribution in [-0.4, -0.2) is 87.4 Å². The topological polar surface area (TPSA) is 180 Å². The molecule has 1 aliphatic heterocycles. The van der Waals surface area contributed by atoms with Gasteiger partial charge in [-0.05, 0) is 74.0 Å². The zero-order valence-electron chi connectivity index (χ0n) is 32.2. The van der Waals surface area contributed by atoms with E-state index in [0.29, 0.717) is 32.4 Å². The van der Waals surface area contributed by atoms with Crippen LogP contribution in [0.5, 0.6) is 0 Å². The van der Waals surface area contributed by atoms with Gasteiger partial charge in [0.1, 0.15) is 23.8 Å². The van der Waals surface area contributed by atoms with Crippen LogP contribution in [0.2, 0.25) is 0 Å². The van der Waals surface area contributed by atoms with Crippen LogP contribution in [0.3, 0.4) is 0 Å². The highest BCUT2D eigenvalue weighted by Gasteiger charge is 2.49. The minimum atomic E-state index is -0.970. The summed E-state index contributed by atoms with van der Waals surface area (Å²) in [6, 6.07) is -3.64. The number of Topliss-reactive ketones (excluding diaryl/α,β-unsaturated/α-hetero) is 1. The van der Waals surface area contributed by atoms with Crippen LogP contribution >= 0.6 is 0 Å². The molecule has 1 aromatic heterocycles. The fraction of sp³-hybridized carbons (Fsp3) is 0.750. The Morgan fingerprint density at radius 2 is 1.58 bits per heavy atom. The summed E-state index contributed by atoms with van der Waals surface area (Å²) in [4.78, 5) is 92.9. The van der Waals surface area contributed by atoms with Crippen molar-refractivity contribution in [3.05, 3.63) is 24.3 Å². The second-order valence-corrected chi connectivity index (χ2v) is 16.7. The average molecular weight is 736 g/mol. The molecule has 4 N–H and O–H groups in total. The molecule has 5 amide bonds. The van der Waals surface area contributed by atoms with Gasteiger partial charge in [-0.25, -0.2) is 4.98 Å². The van der Waals surface area contributed by atoms with E-state index < -0.39 is 59.0 Å². The van der Waals surface area contributed by atoms with Gasteiger partial charge >= 0.3 is 0 Å². The SMILES string of the molecule is CCCNC(=O)C(=O)C(CC1CC1)NC(=O)[C@@H]1C[C@@H](C(C)C)CN1C(=O)[C@@H](NC(=O)[C@@H](NC(=O)c1cnccn1)C1CCCCC1)C1(C)CCCCC1. The van der Waals surface area contributed by atoms with Gasteiger partial charge in [-0.3, -0.25) is 33.8 Å². The van der Waals surface area contributed by atoms with Crippen molar-refractivity contribution in [2.24, 2.45) is 29.1 Å². The van der Waals surface area contributed by atoms with E-state index >= 15 is 4.79 Å². The molecule has 0 spiro atoms. The van der Waals surface area contributed by atoms with E-state index in [9.17, 15) is 24.0 Å². The molecule has 5 atom stereocenters. The second-order valence-electron chi connectivity index (χ2n) is 16.7. The van der Waals surface area contributed by atoms with Gasteiger partial charge in [-0.15, -0.1) is 0 Å². The van der Waals surface area contributed by atoms with E-state index in [1.807, 2.05) is 13.8 Å². The number of amides is 5. The molecule has 1 unspecified atom stereocenters. The number of hydrogen-bond acceptors (Lipinski definition) is 8. The van der Waals surface area contributed by atoms with Crippen LogP contribution < -0.4 is 21.3 Å². The van der Waals surface area contributed by atoms with E-state index in [1.165, 1.54) is 18.6 Å². The average Bonchev–Trinajstić information content (AvgIpc) is 3.87. The molecular formula is C40H61N7O6. The monoisotopic (exact) mass is 735 g/mol. The number of likely N-dealkylation sites (tertiary alicyclic amines) is 1. The Morgan fingerprint density at radius 1 is 0.887 bits per heavy atom. The van der Waals surface area contributed by atoms with E-state index in [4.69, 9.17) is 0 Å². The second kappa shape index (κ2) is 18.4. The molecule has 292 valence electrons. The molecule has 13 heteroatoms. The third-order valence-electron chi connectivity index (χ3n) is 12.2. The number of carbonyl (C=O) groups is 6. The summed E-state index contributed by atoms with van der Waals surface area (Å²) in [5.41, 5.74) is -0.463. The van der Waals surface area contributed by atoms with Crippen molar-refractivity contribution in [2.75, 3.05) is 13.1 Å². The predicted octanol–water partition coefficient (Wildman–Crippen LogP) is 3.86. The highest BCUT2D eigenvalue weighted by Crippen LogP contribution is 2.41. The van der Waals surface area contributed by atoms with Crippen LogP contribution in [0.1, 0.15) is 134 Å². The summed E-state index contributed by atoms with van der Waals surface area (Å²) >= 11 is 0. The van der Waals surface area contributed by atoms with Crippen LogP contribution in [0.4, 0.5) is 0 Å². The lowest BCUT2D eigenvalue weighted by atomic mass is 9.69. The maximum absolute atomic E-state index is 15.0. The number of hydrogen-bond donors (Lipinski definition) is 4. The fourth-order valence-electron chi connectivity index (χ4n) is 8.59. The Labute approximate surface area is 314 Å². The quantitative estimate of drug-likeness (QED) is 0.185. The smallest absolute Gasteiger partial charge is 0.289 e. The van der Waals surface area contributed by atoms with Crippen molar-refractivity contribution in [3.8, 4) is 0 Å². The molecule has 13 nitrogen and oxygen atoms in total. The molecule has 53 heavy (non-hydrogen) atoms. The third kappa shape index (κ3) is 10.4. The summed E-state index contributed by atoms with van der Waals surface area (Å²) in [5.74, 6) is -2.67. The summed E-state index contributed by atoms with van der Waals surface area (Å²) < 4.78 is 0. The number of ketones is 1. The zero-order valence-corrected chi connectivity index (χ0v) is 32.2. The van der Waals surface area contributed by atoms with Crippen LogP contribution in [-0.2, 0) is 24.0 Å². The maximum Gasteiger partial charge on any atom is 0.289 e. The van der Waals surface area contributed by atoms with Gasteiger partial charge in [0, 0.05) is 25.5 Å². The lowest BCUT2D eigenvalue weighted by molar-refractivity contribution is -0.146. The molecule has 4 fully saturated rings. The minimum absolute atomic E-state index is 0.0249. The van der Waals surface area contributed by atoms with Gasteiger partial charge in [0.2, 0.25) is 23.5 Å². The first-order valence-corrected chi connectivity index (χ1v) is 20.2. The number of nitrogens with one attached hydrogen (secondary N) is 4. The first kappa shape index (κ1) is 40.3. The van der Waals surface area contributed by atoms with Crippen molar-refractivity contribution in [2.45, 2.75) is 148 Å². The highest BCUT2D eigenvalue weighted by atomic mass is 16.2. The normalized spacial score (nSPS) is 23.4. The van der Waals surface area contributed by atoms with E-state index in [0.717, 1.165) is 77.0 Å². The minimum Gasteiger partial charge on any atom is -0.349 e. The standard InChI is InChI=1S/C40H61N7O6/c1-5-18-43-38(52)33(48)29(21-26-14-15-26)44-36(50)31-22-28(25(2)3)24-47(31)39(53)34(40(4)16-10-7-11-17-40)46-37(51)32(27-12-8-6-9-13-27)45-35(49)30-23-41-19-20-42-30/h19-20,23,25-29,31-32,34H,5-18,21-22,24H2,1-4H3,(H,43,52)(H,44,50)(H,45,49)(H,46,51)/t28-,29?,31+,32+,34-/m1/s1. The molecule has 4 aliphatic rings. The third-order valence-corrected chi connectivity index (χ3v) is 12.2. The molecule has 0 radical (unpaired) electrons. The van der Waals surface area contributed by atoms with Crippen LogP contribution in [0.15, 0.2) is 18.6 Å². The van der Waals surface area contributed by atoms with Crippen molar-refractivity contribution >= 4 is 35.3 Å². The van der Waals surface area contributed by atoms with Crippen molar-refractivity contribution in [1.29, 1.82) is 0 Å². The molecule has 3 saturated carbocycles. The number of rotatable bonds is 16. The molecule has 1 aromatic rings. The predicted molar refractivity (Wildman–Crippen MR) is 199 cm³/mol. The van der Waals surface area contributed by atoms with E-state index in [2.05, 4.69) is 45.1 Å². The summed E-state index contributed by atoms with van der Waals surface area (Å²) in [6.07, 6.45) is 16.5. The Bertz CT molecular complexity index is 1450. The first-order chi connectivity index (χ1) is 25.4. The number of nitrogens with zero attached hydrogens (tertiary/aromatic N) is 3. The van der Waals surface area contributed by atoms with Crippen LogP contribution in [0, 0.1) is 29.1 Å². The highest BCUT2D eigenvalue weighted by molar-refractivity contribution is 6.38. The molecule has 0 bridgehead atoms. The lowest BCUT2D eigenvalue weighted by Gasteiger charge is -2.43. The zero-order chi connectivity index (χ0) is 38.1. The molecule has 0 aromatic carbocycles. The molecule has 2 heterocycles. The van der Waals surface area contributed by atoms with Gasteiger partial charge in [-0.1, -0.05) is 79.1 Å². The Balaban J connectivity index is 1.41. The summed E-state index contributed by atoms with van der Waals surface area (Å²) in [7, 11) is 0. The first-order valence-electron chi connectivity index (χ1n) is 20.2. The number of aromatic nitrogens is 2. The van der Waals surface area contributed by atoms with Crippen LogP contribution in [0.25, 0.3) is 0 Å². The molecule has 1 saturated heterocycles. The molecule has 3 aliphatic carbocycles. The summed E-state index contributed by atoms with van der Waals surface area (Å²) in [5, 5.41) is 11.7. The Kier molecular flexibility index (Phi) is 14.0. The van der Waals surface area contributed by atoms with Crippen molar-refractivity contribution in [3.63, 3.8) is 0 Å². The maximum atomic E-state index is 15.0. The van der Waals surface area contributed by atoms with Gasteiger partial charge in [0.05, 0.1) is 12.2 Å². The fourth-order valence-corrected chi connectivity index (χ4v) is 8.59. The molecular weight excluding hydrogens is 674 g/mol.